The summed E-state index contributed by atoms with van der Waals surface area (Å²) in [6.07, 6.45) is 0. The highest BCUT2D eigenvalue weighted by Crippen LogP contribution is 2.24. The molecule has 0 radical (unpaired) electrons. The second kappa shape index (κ2) is 7.04. The number of nitro groups is 1. The van der Waals surface area contributed by atoms with E-state index in [9.17, 15) is 10.1 Å². The minimum absolute atomic E-state index is 0.00653. The molecule has 0 spiro atoms. The molecule has 6 nitrogen and oxygen atoms in total. The van der Waals surface area contributed by atoms with E-state index in [0.717, 1.165) is 5.69 Å². The Kier molecular flexibility index (Phi) is 5.69. The monoisotopic (exact) mass is 267 g/mol. The second-order valence-electron chi connectivity index (χ2n) is 4.73. The molecule has 0 aliphatic heterocycles. The topological polar surface area (TPSA) is 77.3 Å². The Bertz CT molecular complexity index is 435. The van der Waals surface area contributed by atoms with Crippen LogP contribution in [0.2, 0.25) is 0 Å². The molecule has 0 aliphatic rings. The number of aromatic nitrogens is 1. The van der Waals surface area contributed by atoms with Gasteiger partial charge in [0.05, 0.1) is 17.6 Å². The van der Waals surface area contributed by atoms with Crippen LogP contribution in [0.4, 0.5) is 11.5 Å². The van der Waals surface area contributed by atoms with Crippen molar-refractivity contribution in [2.24, 2.45) is 5.92 Å². The van der Waals surface area contributed by atoms with Crippen molar-refractivity contribution in [1.29, 1.82) is 0 Å². The SMILES string of the molecule is CCOCC(Nc1nc(C)ccc1[N+](=O)[O-])C(C)C. The van der Waals surface area contributed by atoms with Gasteiger partial charge in [-0.3, -0.25) is 10.1 Å². The van der Waals surface area contributed by atoms with E-state index in [1.165, 1.54) is 6.07 Å². The lowest BCUT2D eigenvalue weighted by Crippen LogP contribution is -2.31. The zero-order chi connectivity index (χ0) is 14.4. The molecule has 0 aromatic carbocycles. The normalized spacial score (nSPS) is 12.5. The van der Waals surface area contributed by atoms with Crippen molar-refractivity contribution in [3.05, 3.63) is 27.9 Å². The Morgan fingerprint density at radius 2 is 2.16 bits per heavy atom. The third kappa shape index (κ3) is 4.48. The number of hydrogen-bond acceptors (Lipinski definition) is 5. The Balaban J connectivity index is 2.94. The summed E-state index contributed by atoms with van der Waals surface area (Å²) in [7, 11) is 0. The van der Waals surface area contributed by atoms with Crippen LogP contribution >= 0.6 is 0 Å². The van der Waals surface area contributed by atoms with Gasteiger partial charge >= 0.3 is 5.69 Å². The van der Waals surface area contributed by atoms with Crippen LogP contribution in [0.5, 0.6) is 0 Å². The standard InChI is InChI=1S/C13H21N3O3/c1-5-19-8-11(9(2)3)15-13-12(16(17)18)7-6-10(4)14-13/h6-7,9,11H,5,8H2,1-4H3,(H,14,15). The van der Waals surface area contributed by atoms with Crippen molar-refractivity contribution in [1.82, 2.24) is 4.98 Å². The van der Waals surface area contributed by atoms with Crippen LogP contribution in [0.1, 0.15) is 26.5 Å². The maximum atomic E-state index is 11.0. The summed E-state index contributed by atoms with van der Waals surface area (Å²) in [5, 5.41) is 14.1. The molecule has 1 atom stereocenters. The third-order valence-electron chi connectivity index (χ3n) is 2.84. The first kappa shape index (κ1) is 15.4. The molecule has 1 aromatic heterocycles. The van der Waals surface area contributed by atoms with Crippen molar-refractivity contribution >= 4 is 11.5 Å². The van der Waals surface area contributed by atoms with E-state index in [-0.39, 0.29) is 17.6 Å². The number of pyridine rings is 1. The molecular weight excluding hydrogens is 246 g/mol. The molecular formula is C13H21N3O3. The van der Waals surface area contributed by atoms with Crippen molar-refractivity contribution in [3.63, 3.8) is 0 Å². The van der Waals surface area contributed by atoms with E-state index in [4.69, 9.17) is 4.74 Å². The van der Waals surface area contributed by atoms with Gasteiger partial charge in [0.1, 0.15) is 0 Å². The number of hydrogen-bond donors (Lipinski definition) is 1. The Morgan fingerprint density at radius 3 is 2.68 bits per heavy atom. The minimum Gasteiger partial charge on any atom is -0.380 e. The van der Waals surface area contributed by atoms with Gasteiger partial charge in [-0.1, -0.05) is 13.8 Å². The Labute approximate surface area is 113 Å². The van der Waals surface area contributed by atoms with Crippen molar-refractivity contribution in [3.8, 4) is 0 Å². The molecule has 0 saturated carbocycles. The highest BCUT2D eigenvalue weighted by molar-refractivity contribution is 5.56. The van der Waals surface area contributed by atoms with Crippen LogP contribution < -0.4 is 5.32 Å². The molecule has 106 valence electrons. The molecule has 1 rings (SSSR count). The van der Waals surface area contributed by atoms with E-state index in [1.54, 1.807) is 6.07 Å². The van der Waals surface area contributed by atoms with E-state index in [0.29, 0.717) is 19.0 Å². The Hall–Kier alpha value is -1.69. The van der Waals surface area contributed by atoms with Crippen molar-refractivity contribution in [2.75, 3.05) is 18.5 Å². The van der Waals surface area contributed by atoms with E-state index in [2.05, 4.69) is 10.3 Å². The van der Waals surface area contributed by atoms with Crippen LogP contribution in [0.3, 0.4) is 0 Å². The molecule has 1 heterocycles. The number of ether oxygens (including phenoxy) is 1. The molecule has 0 amide bonds. The third-order valence-corrected chi connectivity index (χ3v) is 2.84. The fourth-order valence-corrected chi connectivity index (χ4v) is 1.62. The highest BCUT2D eigenvalue weighted by Gasteiger charge is 2.20. The van der Waals surface area contributed by atoms with Gasteiger partial charge in [0.2, 0.25) is 5.82 Å². The smallest absolute Gasteiger partial charge is 0.311 e. The Morgan fingerprint density at radius 1 is 1.47 bits per heavy atom. The molecule has 6 heteroatoms. The summed E-state index contributed by atoms with van der Waals surface area (Å²) in [5.74, 6) is 0.594. The van der Waals surface area contributed by atoms with Crippen LogP contribution in [0.15, 0.2) is 12.1 Å². The van der Waals surface area contributed by atoms with E-state index >= 15 is 0 Å². The first-order chi connectivity index (χ1) is 8.95. The van der Waals surface area contributed by atoms with Gasteiger partial charge in [-0.15, -0.1) is 0 Å². The summed E-state index contributed by atoms with van der Waals surface area (Å²) < 4.78 is 5.40. The molecule has 0 saturated heterocycles. The van der Waals surface area contributed by atoms with E-state index in [1.807, 2.05) is 27.7 Å². The predicted octanol–water partition coefficient (Wildman–Crippen LogP) is 2.77. The van der Waals surface area contributed by atoms with Gasteiger partial charge in [0, 0.05) is 18.4 Å². The summed E-state index contributed by atoms with van der Waals surface area (Å²) in [6.45, 7) is 8.93. The first-order valence-corrected chi connectivity index (χ1v) is 6.42. The highest BCUT2D eigenvalue weighted by atomic mass is 16.6. The largest absolute Gasteiger partial charge is 0.380 e. The fourth-order valence-electron chi connectivity index (χ4n) is 1.62. The summed E-state index contributed by atoms with van der Waals surface area (Å²) in [4.78, 5) is 14.8. The lowest BCUT2D eigenvalue weighted by atomic mass is 10.1. The second-order valence-corrected chi connectivity index (χ2v) is 4.73. The lowest BCUT2D eigenvalue weighted by Gasteiger charge is -2.22. The molecule has 19 heavy (non-hydrogen) atoms. The maximum Gasteiger partial charge on any atom is 0.311 e. The minimum atomic E-state index is -0.424. The maximum absolute atomic E-state index is 11.0. The molecule has 1 unspecified atom stereocenters. The number of nitrogens with zero attached hydrogens (tertiary/aromatic N) is 2. The summed E-state index contributed by atoms with van der Waals surface area (Å²) in [6, 6.07) is 3.10. The first-order valence-electron chi connectivity index (χ1n) is 6.42. The van der Waals surface area contributed by atoms with Crippen LogP contribution in [-0.4, -0.2) is 29.2 Å². The molecule has 1 N–H and O–H groups in total. The van der Waals surface area contributed by atoms with Gasteiger partial charge in [-0.25, -0.2) is 4.98 Å². The molecule has 0 bridgehead atoms. The van der Waals surface area contributed by atoms with Crippen LogP contribution in [-0.2, 0) is 4.74 Å². The number of rotatable bonds is 7. The van der Waals surface area contributed by atoms with Crippen LogP contribution in [0.25, 0.3) is 0 Å². The van der Waals surface area contributed by atoms with Crippen molar-refractivity contribution in [2.45, 2.75) is 33.7 Å². The van der Waals surface area contributed by atoms with Gasteiger partial charge in [0.15, 0.2) is 0 Å². The van der Waals surface area contributed by atoms with Gasteiger partial charge in [-0.2, -0.15) is 0 Å². The molecule has 0 fully saturated rings. The summed E-state index contributed by atoms with van der Waals surface area (Å²) >= 11 is 0. The van der Waals surface area contributed by atoms with Gasteiger partial charge in [-0.05, 0) is 25.8 Å². The fraction of sp³-hybridized carbons (Fsp3) is 0.615. The summed E-state index contributed by atoms with van der Waals surface area (Å²) in [5.41, 5.74) is 0.736. The zero-order valence-electron chi connectivity index (χ0n) is 11.8. The molecule has 1 aromatic rings. The average Bonchev–Trinajstić information content (AvgIpc) is 2.33. The lowest BCUT2D eigenvalue weighted by molar-refractivity contribution is -0.384. The number of anilines is 1. The number of aryl methyl sites for hydroxylation is 1. The van der Waals surface area contributed by atoms with E-state index < -0.39 is 4.92 Å². The average molecular weight is 267 g/mol. The quantitative estimate of drug-likeness (QED) is 0.607. The van der Waals surface area contributed by atoms with Crippen LogP contribution in [0, 0.1) is 23.0 Å². The van der Waals surface area contributed by atoms with Gasteiger partial charge in [0.25, 0.3) is 0 Å². The predicted molar refractivity (Wildman–Crippen MR) is 74.4 cm³/mol. The van der Waals surface area contributed by atoms with Gasteiger partial charge < -0.3 is 10.1 Å². The van der Waals surface area contributed by atoms with Crippen molar-refractivity contribution < 1.29 is 9.66 Å². The zero-order valence-corrected chi connectivity index (χ0v) is 11.8. The number of nitrogens with one attached hydrogen (secondary N) is 1. The molecule has 0 aliphatic carbocycles.